The van der Waals surface area contributed by atoms with E-state index in [1.54, 1.807) is 38.3 Å². The first kappa shape index (κ1) is 22.2. The van der Waals surface area contributed by atoms with Crippen molar-refractivity contribution in [3.63, 3.8) is 0 Å². The van der Waals surface area contributed by atoms with Gasteiger partial charge in [-0.05, 0) is 57.2 Å². The molecule has 8 heteroatoms. The van der Waals surface area contributed by atoms with E-state index in [1.807, 2.05) is 24.3 Å². The number of methoxy groups -OCH3 is 1. The second-order valence-corrected chi connectivity index (χ2v) is 7.83. The molecule has 0 saturated carbocycles. The molecule has 0 aliphatic heterocycles. The maximum atomic E-state index is 12.6. The third-order valence-electron chi connectivity index (χ3n) is 4.51. The fraction of sp³-hybridized carbons (Fsp3) is 0.217. The Hall–Kier alpha value is -3.52. The highest BCUT2D eigenvalue weighted by Crippen LogP contribution is 2.30. The van der Waals surface area contributed by atoms with Gasteiger partial charge in [0.25, 0.3) is 5.91 Å². The van der Waals surface area contributed by atoms with Crippen molar-refractivity contribution in [1.82, 2.24) is 4.98 Å². The zero-order valence-corrected chi connectivity index (χ0v) is 18.4. The molecule has 1 amide bonds. The van der Waals surface area contributed by atoms with E-state index in [9.17, 15) is 14.4 Å². The minimum Gasteiger partial charge on any atom is -0.497 e. The smallest absolute Gasteiger partial charge is 0.351 e. The van der Waals surface area contributed by atoms with Crippen LogP contribution in [-0.2, 0) is 9.53 Å². The maximum Gasteiger partial charge on any atom is 0.351 e. The van der Waals surface area contributed by atoms with Gasteiger partial charge in [-0.25, -0.2) is 9.78 Å². The summed E-state index contributed by atoms with van der Waals surface area (Å²) in [6, 6.07) is 13.9. The van der Waals surface area contributed by atoms with Gasteiger partial charge in [-0.15, -0.1) is 11.3 Å². The van der Waals surface area contributed by atoms with Crippen LogP contribution in [0, 0.1) is 6.92 Å². The molecule has 3 aromatic rings. The van der Waals surface area contributed by atoms with Crippen molar-refractivity contribution in [3.8, 4) is 16.3 Å². The molecule has 0 bridgehead atoms. The van der Waals surface area contributed by atoms with Gasteiger partial charge >= 0.3 is 5.97 Å². The normalized spacial score (nSPS) is 11.5. The van der Waals surface area contributed by atoms with E-state index in [-0.39, 0.29) is 5.78 Å². The minimum atomic E-state index is -1.03. The highest BCUT2D eigenvalue weighted by molar-refractivity contribution is 7.17. The Morgan fingerprint density at radius 2 is 1.81 bits per heavy atom. The Balaban J connectivity index is 1.67. The molecule has 0 saturated heterocycles. The van der Waals surface area contributed by atoms with Crippen LogP contribution >= 0.6 is 11.3 Å². The minimum absolute atomic E-state index is 0.107. The molecule has 0 aliphatic rings. The number of nitrogens with zero attached hydrogens (tertiary/aromatic N) is 1. The van der Waals surface area contributed by atoms with Crippen LogP contribution in [0.5, 0.6) is 5.75 Å². The molecule has 1 atom stereocenters. The molecular weight excluding hydrogens is 416 g/mol. The first-order chi connectivity index (χ1) is 14.8. The van der Waals surface area contributed by atoms with E-state index < -0.39 is 18.0 Å². The fourth-order valence-corrected chi connectivity index (χ4v) is 3.72. The molecule has 1 heterocycles. The van der Waals surface area contributed by atoms with Gasteiger partial charge in [0.05, 0.1) is 12.8 Å². The number of rotatable bonds is 7. The van der Waals surface area contributed by atoms with Crippen LogP contribution in [0.4, 0.5) is 5.69 Å². The van der Waals surface area contributed by atoms with Gasteiger partial charge in [0, 0.05) is 16.8 Å². The predicted octanol–water partition coefficient (Wildman–Crippen LogP) is 4.51. The SMILES string of the molecule is COc1ccc(-c2nc(C)c(C(=O)O[C@@H](C)C(=O)Nc3cccc(C(C)=O)c3)s2)cc1. The van der Waals surface area contributed by atoms with Crippen LogP contribution < -0.4 is 10.1 Å². The molecular formula is C23H22N2O5S. The van der Waals surface area contributed by atoms with Crippen molar-refractivity contribution in [3.05, 3.63) is 64.7 Å². The lowest BCUT2D eigenvalue weighted by molar-refractivity contribution is -0.123. The highest BCUT2D eigenvalue weighted by atomic mass is 32.1. The summed E-state index contributed by atoms with van der Waals surface area (Å²) < 4.78 is 10.5. The number of anilines is 1. The van der Waals surface area contributed by atoms with Crippen LogP contribution in [0.25, 0.3) is 10.6 Å². The average molecular weight is 439 g/mol. The number of Topliss-reactive ketones (excluding diaryl/α,β-unsaturated/α-hetero) is 1. The number of aryl methyl sites for hydroxylation is 1. The lowest BCUT2D eigenvalue weighted by atomic mass is 10.1. The number of hydrogen-bond donors (Lipinski definition) is 1. The Labute approximate surface area is 184 Å². The summed E-state index contributed by atoms with van der Waals surface area (Å²) >= 11 is 1.20. The van der Waals surface area contributed by atoms with Gasteiger partial charge in [-0.1, -0.05) is 12.1 Å². The number of amides is 1. The van der Waals surface area contributed by atoms with Crippen LogP contribution in [0.15, 0.2) is 48.5 Å². The van der Waals surface area contributed by atoms with Crippen LogP contribution in [0.1, 0.15) is 39.6 Å². The molecule has 0 aliphatic carbocycles. The van der Waals surface area contributed by atoms with Crippen LogP contribution in [0.3, 0.4) is 0 Å². The number of ketones is 1. The van der Waals surface area contributed by atoms with E-state index in [2.05, 4.69) is 10.3 Å². The van der Waals surface area contributed by atoms with Gasteiger partial charge in [0.2, 0.25) is 0 Å². The van der Waals surface area contributed by atoms with Gasteiger partial charge in [-0.3, -0.25) is 9.59 Å². The third-order valence-corrected chi connectivity index (χ3v) is 5.70. The molecule has 7 nitrogen and oxygen atoms in total. The number of esters is 1. The van der Waals surface area contributed by atoms with Gasteiger partial charge in [0.15, 0.2) is 11.9 Å². The Kier molecular flexibility index (Phi) is 6.81. The Morgan fingerprint density at radius 3 is 2.45 bits per heavy atom. The van der Waals surface area contributed by atoms with E-state index in [1.165, 1.54) is 25.2 Å². The van der Waals surface area contributed by atoms with E-state index in [4.69, 9.17) is 9.47 Å². The molecule has 160 valence electrons. The van der Waals surface area contributed by atoms with Gasteiger partial charge in [0.1, 0.15) is 15.6 Å². The number of nitrogens with one attached hydrogen (secondary N) is 1. The number of aromatic nitrogens is 1. The van der Waals surface area contributed by atoms with Crippen molar-refractivity contribution in [2.75, 3.05) is 12.4 Å². The van der Waals surface area contributed by atoms with Crippen molar-refractivity contribution in [2.24, 2.45) is 0 Å². The molecule has 0 fully saturated rings. The molecule has 3 rings (SSSR count). The summed E-state index contributed by atoms with van der Waals surface area (Å²) in [5.74, 6) is -0.490. The first-order valence-corrected chi connectivity index (χ1v) is 10.3. The molecule has 31 heavy (non-hydrogen) atoms. The Bertz CT molecular complexity index is 1120. The summed E-state index contributed by atoms with van der Waals surface area (Å²) in [4.78, 5) is 41.3. The molecule has 2 aromatic carbocycles. The molecule has 0 spiro atoms. The van der Waals surface area contributed by atoms with E-state index in [0.29, 0.717) is 26.8 Å². The monoisotopic (exact) mass is 438 g/mol. The van der Waals surface area contributed by atoms with Crippen LogP contribution in [-0.4, -0.2) is 35.9 Å². The second kappa shape index (κ2) is 9.53. The second-order valence-electron chi connectivity index (χ2n) is 6.84. The van der Waals surface area contributed by atoms with Crippen molar-refractivity contribution < 1.29 is 23.9 Å². The lowest BCUT2D eigenvalue weighted by Crippen LogP contribution is -2.30. The number of carbonyl (C=O) groups is 3. The van der Waals surface area contributed by atoms with Gasteiger partial charge < -0.3 is 14.8 Å². The van der Waals surface area contributed by atoms with Crippen molar-refractivity contribution in [2.45, 2.75) is 26.9 Å². The number of carbonyl (C=O) groups excluding carboxylic acids is 3. The zero-order valence-electron chi connectivity index (χ0n) is 17.6. The predicted molar refractivity (Wildman–Crippen MR) is 119 cm³/mol. The zero-order chi connectivity index (χ0) is 22.5. The number of hydrogen-bond acceptors (Lipinski definition) is 7. The summed E-state index contributed by atoms with van der Waals surface area (Å²) in [6.45, 7) is 4.66. The topological polar surface area (TPSA) is 94.6 Å². The van der Waals surface area contributed by atoms with E-state index in [0.717, 1.165) is 11.3 Å². The fourth-order valence-electron chi connectivity index (χ4n) is 2.77. The maximum absolute atomic E-state index is 12.6. The average Bonchev–Trinajstić information content (AvgIpc) is 3.15. The summed E-state index contributed by atoms with van der Waals surface area (Å²) in [6.07, 6.45) is -1.03. The highest BCUT2D eigenvalue weighted by Gasteiger charge is 2.23. The molecule has 1 aromatic heterocycles. The van der Waals surface area contributed by atoms with Crippen molar-refractivity contribution >= 4 is 34.7 Å². The van der Waals surface area contributed by atoms with Gasteiger partial charge in [-0.2, -0.15) is 0 Å². The van der Waals surface area contributed by atoms with Crippen LogP contribution in [0.2, 0.25) is 0 Å². The largest absolute Gasteiger partial charge is 0.497 e. The Morgan fingerprint density at radius 1 is 1.10 bits per heavy atom. The number of thiazole rings is 1. The molecule has 0 radical (unpaired) electrons. The summed E-state index contributed by atoms with van der Waals surface area (Å²) in [7, 11) is 1.59. The summed E-state index contributed by atoms with van der Waals surface area (Å²) in [5.41, 5.74) is 2.32. The van der Waals surface area contributed by atoms with Crippen molar-refractivity contribution in [1.29, 1.82) is 0 Å². The third kappa shape index (κ3) is 5.35. The number of ether oxygens (including phenoxy) is 2. The molecule has 1 N–H and O–H groups in total. The lowest BCUT2D eigenvalue weighted by Gasteiger charge is -2.13. The molecule has 0 unspecified atom stereocenters. The quantitative estimate of drug-likeness (QED) is 0.431. The van der Waals surface area contributed by atoms with E-state index >= 15 is 0 Å². The first-order valence-electron chi connectivity index (χ1n) is 9.53. The number of benzene rings is 2. The standard InChI is InChI=1S/C23H22N2O5S/c1-13-20(31-22(24-13)16-8-10-19(29-4)11-9-16)23(28)30-15(3)21(27)25-18-7-5-6-17(12-18)14(2)26/h5-12,15H,1-4H3,(H,25,27)/t15-/m0/s1. The summed E-state index contributed by atoms with van der Waals surface area (Å²) in [5, 5.41) is 3.33.